The number of hydrogen-bond donors (Lipinski definition) is 3. The Hall–Kier alpha value is -1.84. The molecule has 0 aliphatic carbocycles. The smallest absolute Gasteiger partial charge is 0.262 e. The summed E-state index contributed by atoms with van der Waals surface area (Å²) in [5, 5.41) is 11.3. The molecule has 0 bridgehead atoms. The Morgan fingerprint density at radius 1 is 1.50 bits per heavy atom. The van der Waals surface area contributed by atoms with E-state index in [1.165, 1.54) is 11.3 Å². The zero-order valence-corrected chi connectivity index (χ0v) is 12.5. The number of hydrogen-bond acceptors (Lipinski definition) is 4. The fourth-order valence-corrected chi connectivity index (χ4v) is 2.57. The minimum atomic E-state index is -0.697. The highest BCUT2D eigenvalue weighted by Crippen LogP contribution is 2.21. The largest absolute Gasteiger partial charge is 0.384 e. The molecule has 20 heavy (non-hydrogen) atoms. The van der Waals surface area contributed by atoms with Crippen molar-refractivity contribution in [3.05, 3.63) is 21.4 Å². The van der Waals surface area contributed by atoms with Gasteiger partial charge < -0.3 is 16.2 Å². The topological polar surface area (TPSA) is 92.4 Å². The average Bonchev–Trinajstić information content (AvgIpc) is 2.73. The molecule has 0 aliphatic heterocycles. The van der Waals surface area contributed by atoms with Crippen LogP contribution < -0.4 is 11.1 Å². The van der Waals surface area contributed by atoms with Crippen molar-refractivity contribution in [2.75, 3.05) is 6.61 Å². The van der Waals surface area contributed by atoms with Crippen LogP contribution in [0.4, 0.5) is 0 Å². The normalized spacial score (nSPS) is 11.7. The molecule has 1 rings (SSSR count). The quantitative estimate of drug-likeness (QED) is 0.712. The maximum atomic E-state index is 12.1. The van der Waals surface area contributed by atoms with E-state index in [9.17, 15) is 9.59 Å². The summed E-state index contributed by atoms with van der Waals surface area (Å²) in [6, 6.07) is 1.01. The minimum Gasteiger partial charge on any atom is -0.384 e. The van der Waals surface area contributed by atoms with E-state index < -0.39 is 11.9 Å². The molecule has 1 unspecified atom stereocenters. The molecule has 0 radical (unpaired) electrons. The number of primary amides is 1. The first-order valence-electron chi connectivity index (χ1n) is 6.17. The Morgan fingerprint density at radius 3 is 2.65 bits per heavy atom. The Morgan fingerprint density at radius 2 is 2.15 bits per heavy atom. The summed E-state index contributed by atoms with van der Waals surface area (Å²) in [6.45, 7) is 5.24. The molecule has 0 fully saturated rings. The highest BCUT2D eigenvalue weighted by Gasteiger charge is 2.23. The summed E-state index contributed by atoms with van der Waals surface area (Å²) in [7, 11) is 0. The van der Waals surface area contributed by atoms with Gasteiger partial charge in [-0.05, 0) is 24.5 Å². The molecule has 0 saturated carbocycles. The number of thiophene rings is 1. The second kappa shape index (κ2) is 7.08. The molecule has 4 N–H and O–H groups in total. The van der Waals surface area contributed by atoms with Gasteiger partial charge in [-0.3, -0.25) is 9.59 Å². The van der Waals surface area contributed by atoms with Crippen molar-refractivity contribution in [1.29, 1.82) is 0 Å². The zero-order valence-electron chi connectivity index (χ0n) is 11.7. The molecule has 108 valence electrons. The SMILES string of the molecule is Cc1cc(C(=O)NC(C(N)=O)C(C)C)sc1C#CCO. The molecule has 5 nitrogen and oxygen atoms in total. The number of aliphatic hydroxyl groups excluding tert-OH is 1. The third-order valence-corrected chi connectivity index (χ3v) is 3.83. The van der Waals surface area contributed by atoms with Crippen molar-refractivity contribution in [1.82, 2.24) is 5.32 Å². The lowest BCUT2D eigenvalue weighted by Crippen LogP contribution is -2.47. The van der Waals surface area contributed by atoms with Crippen LogP contribution in [0.5, 0.6) is 0 Å². The van der Waals surface area contributed by atoms with Crippen molar-refractivity contribution in [3.8, 4) is 11.8 Å². The molecule has 0 aromatic carbocycles. The number of nitrogens with one attached hydrogen (secondary N) is 1. The van der Waals surface area contributed by atoms with Crippen molar-refractivity contribution < 1.29 is 14.7 Å². The monoisotopic (exact) mass is 294 g/mol. The Kier molecular flexibility index (Phi) is 5.74. The summed E-state index contributed by atoms with van der Waals surface area (Å²) < 4.78 is 0. The van der Waals surface area contributed by atoms with Gasteiger partial charge in [-0.2, -0.15) is 0 Å². The van der Waals surface area contributed by atoms with Gasteiger partial charge in [0.2, 0.25) is 5.91 Å². The summed E-state index contributed by atoms with van der Waals surface area (Å²) in [5.41, 5.74) is 6.13. The van der Waals surface area contributed by atoms with Gasteiger partial charge in [0, 0.05) is 0 Å². The molecule has 6 heteroatoms. The number of aryl methyl sites for hydroxylation is 1. The molecule has 0 aliphatic rings. The number of aliphatic hydroxyl groups is 1. The Labute approximate surface area is 122 Å². The molecule has 2 amide bonds. The summed E-state index contributed by atoms with van der Waals surface area (Å²) in [5.74, 6) is 4.36. The van der Waals surface area contributed by atoms with Crippen LogP contribution in [0.3, 0.4) is 0 Å². The second-order valence-electron chi connectivity index (χ2n) is 4.68. The first-order valence-corrected chi connectivity index (χ1v) is 6.98. The van der Waals surface area contributed by atoms with Crippen LogP contribution in [-0.4, -0.2) is 29.6 Å². The summed E-state index contributed by atoms with van der Waals surface area (Å²) in [6.07, 6.45) is 0. The molecule has 1 aromatic heterocycles. The van der Waals surface area contributed by atoms with Gasteiger partial charge in [0.25, 0.3) is 5.91 Å². The lowest BCUT2D eigenvalue weighted by molar-refractivity contribution is -0.120. The predicted octanol–water partition coefficient (Wildman–Crippen LogP) is 0.640. The molecule has 1 aromatic rings. The summed E-state index contributed by atoms with van der Waals surface area (Å²) >= 11 is 1.22. The van der Waals surface area contributed by atoms with Gasteiger partial charge >= 0.3 is 0 Å². The van der Waals surface area contributed by atoms with E-state index in [1.54, 1.807) is 6.07 Å². The van der Waals surface area contributed by atoms with E-state index in [0.717, 1.165) is 10.4 Å². The van der Waals surface area contributed by atoms with Crippen LogP contribution in [0.1, 0.15) is 34.0 Å². The maximum Gasteiger partial charge on any atom is 0.262 e. The zero-order chi connectivity index (χ0) is 15.3. The van der Waals surface area contributed by atoms with Crippen molar-refractivity contribution in [3.63, 3.8) is 0 Å². The van der Waals surface area contributed by atoms with Gasteiger partial charge in [-0.25, -0.2) is 0 Å². The fourth-order valence-electron chi connectivity index (χ4n) is 1.62. The van der Waals surface area contributed by atoms with Crippen LogP contribution >= 0.6 is 11.3 Å². The first kappa shape index (κ1) is 16.2. The van der Waals surface area contributed by atoms with E-state index in [1.807, 2.05) is 20.8 Å². The second-order valence-corrected chi connectivity index (χ2v) is 5.73. The predicted molar refractivity (Wildman–Crippen MR) is 78.3 cm³/mol. The van der Waals surface area contributed by atoms with Gasteiger partial charge in [0.15, 0.2) is 0 Å². The van der Waals surface area contributed by atoms with Gasteiger partial charge in [0.05, 0.1) is 9.75 Å². The van der Waals surface area contributed by atoms with Crippen LogP contribution in [0.2, 0.25) is 0 Å². The maximum absolute atomic E-state index is 12.1. The lowest BCUT2D eigenvalue weighted by Gasteiger charge is -2.18. The van der Waals surface area contributed by atoms with E-state index in [0.29, 0.717) is 4.88 Å². The lowest BCUT2D eigenvalue weighted by atomic mass is 10.0. The third-order valence-electron chi connectivity index (χ3n) is 2.68. The minimum absolute atomic E-state index is 0.0776. The van der Waals surface area contributed by atoms with E-state index in [-0.39, 0.29) is 18.4 Å². The number of amides is 2. The van der Waals surface area contributed by atoms with Crippen molar-refractivity contribution >= 4 is 23.2 Å². The van der Waals surface area contributed by atoms with Gasteiger partial charge in [-0.15, -0.1) is 11.3 Å². The number of nitrogens with two attached hydrogens (primary N) is 1. The number of carbonyl (C=O) groups is 2. The van der Waals surface area contributed by atoms with Gasteiger partial charge in [-0.1, -0.05) is 25.7 Å². The average molecular weight is 294 g/mol. The summed E-state index contributed by atoms with van der Waals surface area (Å²) in [4.78, 5) is 24.6. The van der Waals surface area contributed by atoms with E-state index >= 15 is 0 Å². The van der Waals surface area contributed by atoms with E-state index in [2.05, 4.69) is 17.2 Å². The van der Waals surface area contributed by atoms with Crippen LogP contribution in [0, 0.1) is 24.7 Å². The van der Waals surface area contributed by atoms with Crippen LogP contribution in [0.15, 0.2) is 6.07 Å². The molecule has 0 saturated heterocycles. The van der Waals surface area contributed by atoms with Crippen LogP contribution in [-0.2, 0) is 4.79 Å². The fraction of sp³-hybridized carbons (Fsp3) is 0.429. The van der Waals surface area contributed by atoms with Crippen LogP contribution in [0.25, 0.3) is 0 Å². The first-order chi connectivity index (χ1) is 9.36. The molecule has 0 spiro atoms. The molecular weight excluding hydrogens is 276 g/mol. The van der Waals surface area contributed by atoms with Crippen molar-refractivity contribution in [2.45, 2.75) is 26.8 Å². The van der Waals surface area contributed by atoms with E-state index in [4.69, 9.17) is 10.8 Å². The molecule has 1 heterocycles. The van der Waals surface area contributed by atoms with Gasteiger partial charge in [0.1, 0.15) is 12.6 Å². The highest BCUT2D eigenvalue weighted by atomic mass is 32.1. The standard InChI is InChI=1S/C14H18N2O3S/c1-8(2)12(13(15)18)16-14(19)11-7-9(3)10(20-11)5-4-6-17/h7-8,12,17H,6H2,1-3H3,(H2,15,18)(H,16,19). The Bertz CT molecular complexity index is 567. The highest BCUT2D eigenvalue weighted by molar-refractivity contribution is 7.14. The molecular formula is C14H18N2O3S. The Balaban J connectivity index is 2.90. The van der Waals surface area contributed by atoms with Crippen molar-refractivity contribution in [2.24, 2.45) is 11.7 Å². The third kappa shape index (κ3) is 4.08. The number of rotatable bonds is 4. The molecule has 1 atom stereocenters. The number of carbonyl (C=O) groups excluding carboxylic acids is 2.